The molecule has 2 N–H and O–H groups in total. The molecule has 130 valence electrons. The fourth-order valence-corrected chi connectivity index (χ4v) is 2.54. The zero-order chi connectivity index (χ0) is 17.7. The quantitative estimate of drug-likeness (QED) is 0.587. The van der Waals surface area contributed by atoms with Crippen molar-refractivity contribution in [3.63, 3.8) is 0 Å². The predicted molar refractivity (Wildman–Crippen MR) is 84.9 cm³/mol. The lowest BCUT2D eigenvalue weighted by molar-refractivity contribution is -0.384. The summed E-state index contributed by atoms with van der Waals surface area (Å²) < 4.78 is 5.17. The highest BCUT2D eigenvalue weighted by atomic mass is 16.6. The Labute approximate surface area is 138 Å². The van der Waals surface area contributed by atoms with Crippen LogP contribution in [0.15, 0.2) is 18.2 Å². The van der Waals surface area contributed by atoms with Gasteiger partial charge in [-0.05, 0) is 18.6 Å². The molecule has 1 saturated heterocycles. The smallest absolute Gasteiger partial charge is 0.321 e. The van der Waals surface area contributed by atoms with Crippen molar-refractivity contribution in [2.75, 3.05) is 31.6 Å². The molecule has 1 amide bonds. The third kappa shape index (κ3) is 4.49. The van der Waals surface area contributed by atoms with Crippen molar-refractivity contribution in [2.24, 2.45) is 0 Å². The number of hydrogen-bond acceptors (Lipinski definition) is 6. The summed E-state index contributed by atoms with van der Waals surface area (Å²) in [5, 5.41) is 22.9. The van der Waals surface area contributed by atoms with E-state index in [1.807, 2.05) is 0 Å². The van der Waals surface area contributed by atoms with E-state index in [-0.39, 0.29) is 17.8 Å². The summed E-state index contributed by atoms with van der Waals surface area (Å²) in [6.45, 7) is 3.38. The third-order valence-corrected chi connectivity index (χ3v) is 3.77. The van der Waals surface area contributed by atoms with Crippen LogP contribution in [0.5, 0.6) is 0 Å². The van der Waals surface area contributed by atoms with Crippen LogP contribution in [0.25, 0.3) is 0 Å². The van der Waals surface area contributed by atoms with Crippen LogP contribution >= 0.6 is 0 Å². The lowest BCUT2D eigenvalue weighted by Crippen LogP contribution is -2.48. The third-order valence-electron chi connectivity index (χ3n) is 3.77. The molecule has 0 aromatic heterocycles. The number of carbonyl (C=O) groups excluding carboxylic acids is 1. The molecule has 9 heteroatoms. The topological polar surface area (TPSA) is 122 Å². The van der Waals surface area contributed by atoms with Gasteiger partial charge in [-0.15, -0.1) is 0 Å². The average molecular weight is 337 g/mol. The first kappa shape index (κ1) is 17.8. The number of anilines is 1. The molecule has 0 aliphatic carbocycles. The van der Waals surface area contributed by atoms with E-state index in [0.717, 1.165) is 0 Å². The molecular formula is C15H19N3O6. The van der Waals surface area contributed by atoms with E-state index < -0.39 is 22.8 Å². The fourth-order valence-electron chi connectivity index (χ4n) is 2.54. The van der Waals surface area contributed by atoms with Gasteiger partial charge in [-0.25, -0.2) is 0 Å². The van der Waals surface area contributed by atoms with Crippen molar-refractivity contribution in [3.05, 3.63) is 33.9 Å². The standard InChI is InChI=1S/C15H19N3O6/c1-10-2-3-11(12(8-10)18(22)23)16-14(19)9-13(15(20)21)17-4-6-24-7-5-17/h2-3,8,13H,4-7,9H2,1H3,(H,16,19)(H,20,21). The number of benzene rings is 1. The van der Waals surface area contributed by atoms with E-state index in [4.69, 9.17) is 4.74 Å². The number of hydrogen-bond donors (Lipinski definition) is 2. The molecule has 0 spiro atoms. The normalized spacial score (nSPS) is 16.4. The molecule has 1 unspecified atom stereocenters. The molecule has 0 saturated carbocycles. The van der Waals surface area contributed by atoms with Crippen molar-refractivity contribution in [1.29, 1.82) is 0 Å². The maximum atomic E-state index is 12.2. The van der Waals surface area contributed by atoms with Gasteiger partial charge in [0.25, 0.3) is 5.69 Å². The summed E-state index contributed by atoms with van der Waals surface area (Å²) in [5.74, 6) is -1.69. The van der Waals surface area contributed by atoms with E-state index in [0.29, 0.717) is 31.9 Å². The van der Waals surface area contributed by atoms with Gasteiger partial charge < -0.3 is 15.2 Å². The molecule has 1 aromatic rings. The van der Waals surface area contributed by atoms with Gasteiger partial charge >= 0.3 is 5.97 Å². The molecule has 0 bridgehead atoms. The molecule has 1 heterocycles. The second-order valence-corrected chi connectivity index (χ2v) is 5.53. The summed E-state index contributed by atoms with van der Waals surface area (Å²) in [5.41, 5.74) is 0.528. The predicted octanol–water partition coefficient (Wildman–Crippen LogP) is 1.02. The lowest BCUT2D eigenvalue weighted by Gasteiger charge is -2.31. The minimum absolute atomic E-state index is 0.0571. The highest BCUT2D eigenvalue weighted by Gasteiger charge is 2.30. The molecule has 9 nitrogen and oxygen atoms in total. The molecule has 24 heavy (non-hydrogen) atoms. The van der Waals surface area contributed by atoms with E-state index in [2.05, 4.69) is 5.32 Å². The first-order valence-corrected chi connectivity index (χ1v) is 7.48. The van der Waals surface area contributed by atoms with Crippen LogP contribution in [0.1, 0.15) is 12.0 Å². The number of ether oxygens (including phenoxy) is 1. The molecule has 1 aromatic carbocycles. The summed E-state index contributed by atoms with van der Waals surface area (Å²) >= 11 is 0. The van der Waals surface area contributed by atoms with Gasteiger partial charge in [0, 0.05) is 19.2 Å². The Kier molecular flexibility index (Phi) is 5.83. The monoisotopic (exact) mass is 337 g/mol. The highest BCUT2D eigenvalue weighted by Crippen LogP contribution is 2.25. The number of aryl methyl sites for hydroxylation is 1. The van der Waals surface area contributed by atoms with Gasteiger partial charge in [0.1, 0.15) is 11.7 Å². The van der Waals surface area contributed by atoms with Crippen LogP contribution in [0.2, 0.25) is 0 Å². The largest absolute Gasteiger partial charge is 0.480 e. The van der Waals surface area contributed by atoms with Crippen LogP contribution in [0.4, 0.5) is 11.4 Å². The number of amides is 1. The Balaban J connectivity index is 2.08. The molecule has 0 radical (unpaired) electrons. The highest BCUT2D eigenvalue weighted by molar-refractivity contribution is 5.95. The number of nitrogens with one attached hydrogen (secondary N) is 1. The Morgan fingerprint density at radius 3 is 2.67 bits per heavy atom. The summed E-state index contributed by atoms with van der Waals surface area (Å²) in [6.07, 6.45) is -0.291. The number of morpholine rings is 1. The average Bonchev–Trinajstić information content (AvgIpc) is 2.54. The molecule has 1 atom stereocenters. The zero-order valence-corrected chi connectivity index (χ0v) is 13.2. The van der Waals surface area contributed by atoms with Crippen LogP contribution in [-0.4, -0.2) is 59.2 Å². The number of aliphatic carboxylic acids is 1. The van der Waals surface area contributed by atoms with Crippen molar-refractivity contribution in [1.82, 2.24) is 4.90 Å². The number of carboxylic acids is 1. The lowest BCUT2D eigenvalue weighted by atomic mass is 10.1. The number of nitro groups is 1. The van der Waals surface area contributed by atoms with Gasteiger partial charge in [-0.2, -0.15) is 0 Å². The first-order valence-electron chi connectivity index (χ1n) is 7.48. The van der Waals surface area contributed by atoms with E-state index >= 15 is 0 Å². The zero-order valence-electron chi connectivity index (χ0n) is 13.2. The van der Waals surface area contributed by atoms with Gasteiger partial charge in [-0.1, -0.05) is 6.07 Å². The van der Waals surface area contributed by atoms with Gasteiger partial charge in [0.2, 0.25) is 5.91 Å². The minimum atomic E-state index is -1.11. The molecule has 1 aliphatic heterocycles. The number of carboxylic acid groups (broad SMARTS) is 1. The Hall–Kier alpha value is -2.52. The molecule has 1 aliphatic rings. The summed E-state index contributed by atoms with van der Waals surface area (Å²) in [4.78, 5) is 35.8. The number of nitro benzene ring substituents is 1. The molecule has 1 fully saturated rings. The Morgan fingerprint density at radius 2 is 2.08 bits per heavy atom. The van der Waals surface area contributed by atoms with Crippen molar-refractivity contribution in [2.45, 2.75) is 19.4 Å². The number of rotatable bonds is 6. The second-order valence-electron chi connectivity index (χ2n) is 5.53. The fraction of sp³-hybridized carbons (Fsp3) is 0.467. The van der Waals surface area contributed by atoms with Gasteiger partial charge in [0.15, 0.2) is 0 Å². The summed E-state index contributed by atoms with van der Waals surface area (Å²) in [6, 6.07) is 3.44. The number of nitrogens with zero attached hydrogens (tertiary/aromatic N) is 2. The molecule has 2 rings (SSSR count). The molecular weight excluding hydrogens is 318 g/mol. The minimum Gasteiger partial charge on any atom is -0.480 e. The second kappa shape index (κ2) is 7.84. The van der Waals surface area contributed by atoms with E-state index in [1.54, 1.807) is 17.9 Å². The Morgan fingerprint density at radius 1 is 1.42 bits per heavy atom. The maximum Gasteiger partial charge on any atom is 0.321 e. The number of carbonyl (C=O) groups is 2. The van der Waals surface area contributed by atoms with Gasteiger partial charge in [0.05, 0.1) is 24.6 Å². The van der Waals surface area contributed by atoms with Crippen LogP contribution < -0.4 is 5.32 Å². The van der Waals surface area contributed by atoms with E-state index in [1.165, 1.54) is 12.1 Å². The van der Waals surface area contributed by atoms with Crippen molar-refractivity contribution < 1.29 is 24.4 Å². The first-order chi connectivity index (χ1) is 11.4. The van der Waals surface area contributed by atoms with E-state index in [9.17, 15) is 24.8 Å². The van der Waals surface area contributed by atoms with Crippen molar-refractivity contribution >= 4 is 23.3 Å². The Bertz CT molecular complexity index is 642. The van der Waals surface area contributed by atoms with Crippen LogP contribution in [0.3, 0.4) is 0 Å². The SMILES string of the molecule is Cc1ccc(NC(=O)CC(C(=O)O)N2CCOCC2)c([N+](=O)[O-])c1. The van der Waals surface area contributed by atoms with Gasteiger partial charge in [-0.3, -0.25) is 24.6 Å². The van der Waals surface area contributed by atoms with Crippen LogP contribution in [0, 0.1) is 17.0 Å². The maximum absolute atomic E-state index is 12.2. The van der Waals surface area contributed by atoms with Crippen LogP contribution in [-0.2, 0) is 14.3 Å². The van der Waals surface area contributed by atoms with Crippen molar-refractivity contribution in [3.8, 4) is 0 Å². The summed E-state index contributed by atoms with van der Waals surface area (Å²) in [7, 11) is 0.